The van der Waals surface area contributed by atoms with Gasteiger partial charge in [-0.1, -0.05) is 13.3 Å². The Balaban J connectivity index is 1.69. The standard InChI is InChI=1S/C21H23NO5S/c1-2-20(23)16-6-10-18(11-7-16)27-21(24)17-8-12-19(13-9-17)28(25,26)22-14-4-3-5-15-22/h6-13H,2-5,14-15H2,1H3. The van der Waals surface area contributed by atoms with E-state index in [0.717, 1.165) is 19.3 Å². The maximum absolute atomic E-state index is 12.7. The minimum Gasteiger partial charge on any atom is -0.423 e. The largest absolute Gasteiger partial charge is 0.423 e. The van der Waals surface area contributed by atoms with Crippen LogP contribution in [-0.2, 0) is 10.0 Å². The van der Waals surface area contributed by atoms with Crippen molar-refractivity contribution in [2.45, 2.75) is 37.5 Å². The Bertz CT molecular complexity index is 943. The van der Waals surface area contributed by atoms with E-state index in [-0.39, 0.29) is 16.2 Å². The van der Waals surface area contributed by atoms with E-state index < -0.39 is 16.0 Å². The van der Waals surface area contributed by atoms with Crippen LogP contribution in [0.1, 0.15) is 53.3 Å². The molecule has 0 amide bonds. The molecule has 0 N–H and O–H groups in total. The average Bonchev–Trinajstić information content (AvgIpc) is 2.74. The van der Waals surface area contributed by atoms with Crippen molar-refractivity contribution in [2.24, 2.45) is 0 Å². The van der Waals surface area contributed by atoms with Gasteiger partial charge in [-0.2, -0.15) is 4.31 Å². The Kier molecular flexibility index (Phi) is 6.26. The fourth-order valence-electron chi connectivity index (χ4n) is 3.10. The lowest BCUT2D eigenvalue weighted by Gasteiger charge is -2.25. The highest BCUT2D eigenvalue weighted by molar-refractivity contribution is 7.89. The molecule has 6 nitrogen and oxygen atoms in total. The van der Waals surface area contributed by atoms with Crippen molar-refractivity contribution < 1.29 is 22.7 Å². The molecule has 148 valence electrons. The van der Waals surface area contributed by atoms with Crippen LogP contribution < -0.4 is 4.74 Å². The van der Waals surface area contributed by atoms with Crippen molar-refractivity contribution >= 4 is 21.8 Å². The molecular weight excluding hydrogens is 378 g/mol. The van der Waals surface area contributed by atoms with Crippen molar-refractivity contribution in [3.63, 3.8) is 0 Å². The Morgan fingerprint density at radius 1 is 0.893 bits per heavy atom. The van der Waals surface area contributed by atoms with E-state index in [1.54, 1.807) is 31.2 Å². The predicted molar refractivity (Wildman–Crippen MR) is 105 cm³/mol. The molecule has 0 aliphatic carbocycles. The first-order chi connectivity index (χ1) is 13.4. The monoisotopic (exact) mass is 401 g/mol. The van der Waals surface area contributed by atoms with Gasteiger partial charge in [0.15, 0.2) is 5.78 Å². The molecule has 1 fully saturated rings. The first-order valence-corrected chi connectivity index (χ1v) is 10.8. The molecule has 1 saturated heterocycles. The zero-order valence-electron chi connectivity index (χ0n) is 15.8. The number of ketones is 1. The van der Waals surface area contributed by atoms with Gasteiger partial charge >= 0.3 is 5.97 Å². The van der Waals surface area contributed by atoms with Gasteiger partial charge in [0.2, 0.25) is 10.0 Å². The Hall–Kier alpha value is -2.51. The predicted octanol–water partition coefficient (Wildman–Crippen LogP) is 3.67. The molecule has 3 rings (SSSR count). The molecule has 2 aromatic carbocycles. The molecule has 0 radical (unpaired) electrons. The first-order valence-electron chi connectivity index (χ1n) is 9.37. The zero-order chi connectivity index (χ0) is 20.1. The third-order valence-electron chi connectivity index (χ3n) is 4.75. The summed E-state index contributed by atoms with van der Waals surface area (Å²) in [6, 6.07) is 12.1. The second-order valence-electron chi connectivity index (χ2n) is 6.68. The van der Waals surface area contributed by atoms with Crippen LogP contribution in [0, 0.1) is 0 Å². The highest BCUT2D eigenvalue weighted by Crippen LogP contribution is 2.21. The van der Waals surface area contributed by atoms with Gasteiger partial charge < -0.3 is 4.74 Å². The minimum absolute atomic E-state index is 0.0170. The van der Waals surface area contributed by atoms with Crippen molar-refractivity contribution in [1.29, 1.82) is 0 Å². The van der Waals surface area contributed by atoms with Gasteiger partial charge in [0.05, 0.1) is 10.5 Å². The maximum atomic E-state index is 12.7. The number of carbonyl (C=O) groups is 2. The van der Waals surface area contributed by atoms with Gasteiger partial charge in [-0.05, 0) is 61.4 Å². The van der Waals surface area contributed by atoms with E-state index >= 15 is 0 Å². The van der Waals surface area contributed by atoms with Crippen LogP contribution in [-0.4, -0.2) is 37.6 Å². The molecule has 0 saturated carbocycles. The number of benzene rings is 2. The van der Waals surface area contributed by atoms with Crippen LogP contribution in [0.3, 0.4) is 0 Å². The fourth-order valence-corrected chi connectivity index (χ4v) is 4.61. The van der Waals surface area contributed by atoms with Crippen LogP contribution in [0.2, 0.25) is 0 Å². The summed E-state index contributed by atoms with van der Waals surface area (Å²) in [6.07, 6.45) is 3.19. The van der Waals surface area contributed by atoms with Crippen LogP contribution in [0.25, 0.3) is 0 Å². The molecule has 0 spiro atoms. The van der Waals surface area contributed by atoms with Gasteiger partial charge in [0.25, 0.3) is 0 Å². The highest BCUT2D eigenvalue weighted by Gasteiger charge is 2.26. The number of carbonyl (C=O) groups excluding carboxylic acids is 2. The van der Waals surface area contributed by atoms with Crippen molar-refractivity contribution in [1.82, 2.24) is 4.31 Å². The SMILES string of the molecule is CCC(=O)c1ccc(OC(=O)c2ccc(S(=O)(=O)N3CCCCC3)cc2)cc1. The number of hydrogen-bond acceptors (Lipinski definition) is 5. The van der Waals surface area contributed by atoms with Gasteiger partial charge in [-0.25, -0.2) is 13.2 Å². The van der Waals surface area contributed by atoms with Crippen LogP contribution in [0.5, 0.6) is 5.75 Å². The third-order valence-corrected chi connectivity index (χ3v) is 6.66. The molecule has 7 heteroatoms. The maximum Gasteiger partial charge on any atom is 0.343 e. The summed E-state index contributed by atoms with van der Waals surface area (Å²) < 4.78 is 32.1. The summed E-state index contributed by atoms with van der Waals surface area (Å²) in [6.45, 7) is 2.84. The second kappa shape index (κ2) is 8.67. The summed E-state index contributed by atoms with van der Waals surface area (Å²) in [5.41, 5.74) is 0.820. The molecule has 0 unspecified atom stereocenters. The molecule has 28 heavy (non-hydrogen) atoms. The van der Waals surface area contributed by atoms with Gasteiger partial charge in [0, 0.05) is 25.1 Å². The van der Waals surface area contributed by atoms with Crippen LogP contribution in [0.4, 0.5) is 0 Å². The lowest BCUT2D eigenvalue weighted by Crippen LogP contribution is -2.35. The molecule has 2 aromatic rings. The lowest BCUT2D eigenvalue weighted by atomic mass is 10.1. The number of Topliss-reactive ketones (excluding diaryl/α,β-unsaturated/α-hetero) is 1. The lowest BCUT2D eigenvalue weighted by molar-refractivity contribution is 0.0734. The van der Waals surface area contributed by atoms with E-state index in [9.17, 15) is 18.0 Å². The van der Waals surface area contributed by atoms with Crippen LogP contribution >= 0.6 is 0 Å². The molecule has 1 aliphatic heterocycles. The Morgan fingerprint density at radius 2 is 1.46 bits per heavy atom. The van der Waals surface area contributed by atoms with E-state index in [1.807, 2.05) is 0 Å². The van der Waals surface area contributed by atoms with Crippen molar-refractivity contribution in [3.05, 3.63) is 59.7 Å². The zero-order valence-corrected chi connectivity index (χ0v) is 16.6. The van der Waals surface area contributed by atoms with Gasteiger partial charge in [-0.15, -0.1) is 0 Å². The number of esters is 1. The molecule has 0 bridgehead atoms. The van der Waals surface area contributed by atoms with Crippen LogP contribution in [0.15, 0.2) is 53.4 Å². The highest BCUT2D eigenvalue weighted by atomic mass is 32.2. The summed E-state index contributed by atoms with van der Waals surface area (Å²) in [5, 5.41) is 0. The molecular formula is C21H23NO5S. The van der Waals surface area contributed by atoms with E-state index in [1.165, 1.54) is 28.6 Å². The normalized spacial score (nSPS) is 15.2. The summed E-state index contributed by atoms with van der Waals surface area (Å²) >= 11 is 0. The first kappa shape index (κ1) is 20.2. The van der Waals surface area contributed by atoms with Gasteiger partial charge in [0.1, 0.15) is 5.75 Å². The van der Waals surface area contributed by atoms with E-state index in [4.69, 9.17) is 4.74 Å². The summed E-state index contributed by atoms with van der Waals surface area (Å²) in [7, 11) is -3.53. The Labute approximate surface area is 165 Å². The molecule has 0 atom stereocenters. The minimum atomic E-state index is -3.53. The van der Waals surface area contributed by atoms with Gasteiger partial charge in [-0.3, -0.25) is 4.79 Å². The topological polar surface area (TPSA) is 80.8 Å². The van der Waals surface area contributed by atoms with Crippen molar-refractivity contribution in [2.75, 3.05) is 13.1 Å². The Morgan fingerprint density at radius 3 is 2.04 bits per heavy atom. The summed E-state index contributed by atoms with van der Waals surface area (Å²) in [5.74, 6) is -0.248. The quantitative estimate of drug-likeness (QED) is 0.419. The fraction of sp³-hybridized carbons (Fsp3) is 0.333. The number of nitrogens with zero attached hydrogens (tertiary/aromatic N) is 1. The molecule has 1 aliphatic rings. The number of sulfonamides is 1. The van der Waals surface area contributed by atoms with E-state index in [0.29, 0.717) is 30.8 Å². The average molecular weight is 401 g/mol. The number of ether oxygens (including phenoxy) is 1. The number of rotatable bonds is 6. The smallest absolute Gasteiger partial charge is 0.343 e. The second-order valence-corrected chi connectivity index (χ2v) is 8.62. The van der Waals surface area contributed by atoms with E-state index in [2.05, 4.69) is 0 Å². The summed E-state index contributed by atoms with van der Waals surface area (Å²) in [4.78, 5) is 24.1. The molecule has 0 aromatic heterocycles. The molecule has 1 heterocycles. The van der Waals surface area contributed by atoms with Crippen molar-refractivity contribution in [3.8, 4) is 5.75 Å². The number of hydrogen-bond donors (Lipinski definition) is 0. The third kappa shape index (κ3) is 4.48. The number of piperidine rings is 1.